The molecule has 0 saturated carbocycles. The van der Waals surface area contributed by atoms with Crippen LogP contribution in [0.15, 0.2) is 42.5 Å². The van der Waals surface area contributed by atoms with Crippen molar-refractivity contribution in [2.75, 3.05) is 0 Å². The fourth-order valence-corrected chi connectivity index (χ4v) is 2.14. The van der Waals surface area contributed by atoms with E-state index in [1.54, 1.807) is 12.1 Å². The SMILES string of the molecule is CC(O)(c1ccc(I)cc1)c1cc(F)cc(F)c1. The molecule has 18 heavy (non-hydrogen) atoms. The Labute approximate surface area is 118 Å². The van der Waals surface area contributed by atoms with Gasteiger partial charge in [0.25, 0.3) is 0 Å². The maximum Gasteiger partial charge on any atom is 0.126 e. The highest BCUT2D eigenvalue weighted by molar-refractivity contribution is 14.1. The Balaban J connectivity index is 2.49. The number of halogens is 3. The van der Waals surface area contributed by atoms with E-state index < -0.39 is 17.2 Å². The van der Waals surface area contributed by atoms with Crippen LogP contribution < -0.4 is 0 Å². The first-order valence-electron chi connectivity index (χ1n) is 5.34. The number of hydrogen-bond donors (Lipinski definition) is 1. The minimum atomic E-state index is -1.42. The number of benzene rings is 2. The van der Waals surface area contributed by atoms with Gasteiger partial charge in [0.15, 0.2) is 0 Å². The average Bonchev–Trinajstić information content (AvgIpc) is 2.28. The van der Waals surface area contributed by atoms with Crippen molar-refractivity contribution in [3.63, 3.8) is 0 Å². The summed E-state index contributed by atoms with van der Waals surface area (Å²) >= 11 is 2.15. The Morgan fingerprint density at radius 1 is 0.944 bits per heavy atom. The molecular formula is C14H11F2IO. The van der Waals surface area contributed by atoms with Gasteiger partial charge in [0.2, 0.25) is 0 Å². The Morgan fingerprint density at radius 3 is 1.94 bits per heavy atom. The molecule has 0 fully saturated rings. The molecule has 2 aromatic rings. The van der Waals surface area contributed by atoms with Crippen molar-refractivity contribution in [1.29, 1.82) is 0 Å². The number of aliphatic hydroxyl groups is 1. The summed E-state index contributed by atoms with van der Waals surface area (Å²) in [5.74, 6) is -1.40. The first-order chi connectivity index (χ1) is 8.39. The van der Waals surface area contributed by atoms with Crippen molar-refractivity contribution >= 4 is 22.6 Å². The standard InChI is InChI=1S/C14H11F2IO/c1-14(18,9-2-4-13(17)5-3-9)10-6-11(15)8-12(16)7-10/h2-8,18H,1H3. The van der Waals surface area contributed by atoms with E-state index in [1.807, 2.05) is 12.1 Å². The van der Waals surface area contributed by atoms with Crippen molar-refractivity contribution in [3.05, 3.63) is 68.8 Å². The van der Waals surface area contributed by atoms with Gasteiger partial charge >= 0.3 is 0 Å². The van der Waals surface area contributed by atoms with Crippen molar-refractivity contribution in [2.45, 2.75) is 12.5 Å². The Hall–Kier alpha value is -1.01. The molecule has 2 rings (SSSR count). The molecule has 0 aliphatic carbocycles. The summed E-state index contributed by atoms with van der Waals surface area (Å²) in [6, 6.07) is 10.2. The van der Waals surface area contributed by atoms with Gasteiger partial charge in [-0.05, 0) is 64.9 Å². The van der Waals surface area contributed by atoms with E-state index in [-0.39, 0.29) is 5.56 Å². The normalized spacial score (nSPS) is 14.3. The van der Waals surface area contributed by atoms with Gasteiger partial charge in [0, 0.05) is 9.64 Å². The molecule has 1 unspecified atom stereocenters. The maximum absolute atomic E-state index is 13.2. The molecule has 1 atom stereocenters. The Morgan fingerprint density at radius 2 is 1.44 bits per heavy atom. The molecule has 1 nitrogen and oxygen atoms in total. The zero-order valence-corrected chi connectivity index (χ0v) is 11.8. The molecule has 0 aliphatic rings. The molecule has 0 amide bonds. The molecule has 0 spiro atoms. The highest BCUT2D eigenvalue weighted by Gasteiger charge is 2.26. The number of rotatable bonds is 2. The van der Waals surface area contributed by atoms with E-state index >= 15 is 0 Å². The van der Waals surface area contributed by atoms with Gasteiger partial charge in [0.1, 0.15) is 17.2 Å². The van der Waals surface area contributed by atoms with Crippen LogP contribution in [0.1, 0.15) is 18.1 Å². The van der Waals surface area contributed by atoms with Crippen molar-refractivity contribution < 1.29 is 13.9 Å². The lowest BCUT2D eigenvalue weighted by Crippen LogP contribution is -2.23. The van der Waals surface area contributed by atoms with Crippen LogP contribution >= 0.6 is 22.6 Å². The molecule has 1 N–H and O–H groups in total. The van der Waals surface area contributed by atoms with Gasteiger partial charge < -0.3 is 5.11 Å². The highest BCUT2D eigenvalue weighted by atomic mass is 127. The van der Waals surface area contributed by atoms with Crippen LogP contribution in [0.3, 0.4) is 0 Å². The molecular weight excluding hydrogens is 349 g/mol. The predicted octanol–water partition coefficient (Wildman–Crippen LogP) is 3.83. The van der Waals surface area contributed by atoms with E-state index in [2.05, 4.69) is 22.6 Å². The van der Waals surface area contributed by atoms with E-state index in [1.165, 1.54) is 6.92 Å². The second-order valence-electron chi connectivity index (χ2n) is 4.24. The van der Waals surface area contributed by atoms with Gasteiger partial charge in [-0.2, -0.15) is 0 Å². The summed E-state index contributed by atoms with van der Waals surface area (Å²) in [6.45, 7) is 1.52. The van der Waals surface area contributed by atoms with Crippen LogP contribution in [-0.2, 0) is 5.60 Å². The van der Waals surface area contributed by atoms with Gasteiger partial charge in [-0.15, -0.1) is 0 Å². The number of hydrogen-bond acceptors (Lipinski definition) is 1. The zero-order chi connectivity index (χ0) is 13.3. The largest absolute Gasteiger partial charge is 0.381 e. The lowest BCUT2D eigenvalue weighted by Gasteiger charge is -2.24. The van der Waals surface area contributed by atoms with Crippen molar-refractivity contribution in [2.24, 2.45) is 0 Å². The first kappa shape index (κ1) is 13.4. The molecule has 4 heteroatoms. The lowest BCUT2D eigenvalue weighted by atomic mass is 9.88. The lowest BCUT2D eigenvalue weighted by molar-refractivity contribution is 0.101. The molecule has 0 bridgehead atoms. The van der Waals surface area contributed by atoms with Gasteiger partial charge in [-0.25, -0.2) is 8.78 Å². The molecule has 2 aromatic carbocycles. The summed E-state index contributed by atoms with van der Waals surface area (Å²) in [7, 11) is 0. The van der Waals surface area contributed by atoms with Crippen molar-refractivity contribution in [3.8, 4) is 0 Å². The molecule has 0 heterocycles. The molecule has 0 aliphatic heterocycles. The third-order valence-electron chi connectivity index (χ3n) is 2.83. The third kappa shape index (κ3) is 2.70. The van der Waals surface area contributed by atoms with Crippen LogP contribution in [0.4, 0.5) is 8.78 Å². The molecule has 94 valence electrons. The van der Waals surface area contributed by atoms with Crippen LogP contribution in [0, 0.1) is 15.2 Å². The minimum Gasteiger partial charge on any atom is -0.381 e. The smallest absolute Gasteiger partial charge is 0.126 e. The Bertz CT molecular complexity index is 544. The highest BCUT2D eigenvalue weighted by Crippen LogP contribution is 2.30. The second kappa shape index (κ2) is 4.93. The molecule has 0 radical (unpaired) electrons. The first-order valence-corrected chi connectivity index (χ1v) is 6.42. The minimum absolute atomic E-state index is 0.196. The quantitative estimate of drug-likeness (QED) is 0.808. The van der Waals surface area contributed by atoms with Gasteiger partial charge in [0.05, 0.1) is 0 Å². The van der Waals surface area contributed by atoms with Crippen LogP contribution in [-0.4, -0.2) is 5.11 Å². The monoisotopic (exact) mass is 360 g/mol. The maximum atomic E-state index is 13.2. The summed E-state index contributed by atoms with van der Waals surface area (Å²) in [5.41, 5.74) is -0.637. The zero-order valence-electron chi connectivity index (χ0n) is 9.62. The third-order valence-corrected chi connectivity index (χ3v) is 3.55. The fourth-order valence-electron chi connectivity index (χ4n) is 1.78. The predicted molar refractivity (Wildman–Crippen MR) is 74.2 cm³/mol. The van der Waals surface area contributed by atoms with E-state index in [4.69, 9.17) is 0 Å². The van der Waals surface area contributed by atoms with Gasteiger partial charge in [-0.1, -0.05) is 12.1 Å². The topological polar surface area (TPSA) is 20.2 Å². The summed E-state index contributed by atoms with van der Waals surface area (Å²) < 4.78 is 27.4. The van der Waals surface area contributed by atoms with Crippen LogP contribution in [0.25, 0.3) is 0 Å². The van der Waals surface area contributed by atoms with Crippen LogP contribution in [0.2, 0.25) is 0 Å². The Kier molecular flexibility index (Phi) is 3.68. The summed E-state index contributed by atoms with van der Waals surface area (Å²) in [6.07, 6.45) is 0. The van der Waals surface area contributed by atoms with Gasteiger partial charge in [-0.3, -0.25) is 0 Å². The molecule has 0 saturated heterocycles. The van der Waals surface area contributed by atoms with Crippen LogP contribution in [0.5, 0.6) is 0 Å². The molecule has 0 aromatic heterocycles. The van der Waals surface area contributed by atoms with E-state index in [0.717, 1.165) is 21.8 Å². The van der Waals surface area contributed by atoms with Crippen molar-refractivity contribution in [1.82, 2.24) is 0 Å². The average molecular weight is 360 g/mol. The fraction of sp³-hybridized carbons (Fsp3) is 0.143. The van der Waals surface area contributed by atoms with E-state index in [0.29, 0.717) is 5.56 Å². The summed E-state index contributed by atoms with van der Waals surface area (Å²) in [5, 5.41) is 10.5. The van der Waals surface area contributed by atoms with E-state index in [9.17, 15) is 13.9 Å². The summed E-state index contributed by atoms with van der Waals surface area (Å²) in [4.78, 5) is 0. The second-order valence-corrected chi connectivity index (χ2v) is 5.48.